The van der Waals surface area contributed by atoms with Gasteiger partial charge in [-0.1, -0.05) is 35.9 Å². The molecule has 1 aromatic rings. The number of aromatic nitrogens is 1. The maximum Gasteiger partial charge on any atom is 0.218 e. The molecule has 0 radical (unpaired) electrons. The van der Waals surface area contributed by atoms with Gasteiger partial charge in [-0.25, -0.2) is 4.98 Å². The van der Waals surface area contributed by atoms with Crippen LogP contribution in [-0.4, -0.2) is 11.1 Å². The molecule has 0 aliphatic carbocycles. The number of halogens is 1. The molecule has 0 spiro atoms. The number of pyridine rings is 1. The van der Waals surface area contributed by atoms with Crippen LogP contribution >= 0.6 is 11.6 Å². The Hall–Kier alpha value is -1.28. The van der Waals surface area contributed by atoms with Crippen molar-refractivity contribution in [2.75, 3.05) is 0 Å². The van der Waals surface area contributed by atoms with Crippen molar-refractivity contribution in [2.24, 2.45) is 0 Å². The van der Waals surface area contributed by atoms with Crippen LogP contribution < -0.4 is 4.74 Å². The van der Waals surface area contributed by atoms with Crippen LogP contribution in [0.25, 0.3) is 0 Å². The van der Waals surface area contributed by atoms with E-state index in [0.717, 1.165) is 12.0 Å². The summed E-state index contributed by atoms with van der Waals surface area (Å²) in [5.74, 6) is 0.668. The van der Waals surface area contributed by atoms with E-state index in [4.69, 9.17) is 16.3 Å². The molecule has 3 heteroatoms. The first-order valence-corrected chi connectivity index (χ1v) is 5.73. The smallest absolute Gasteiger partial charge is 0.218 e. The molecule has 1 atom stereocenters. The molecular formula is C13H14ClNO. The highest BCUT2D eigenvalue weighted by atomic mass is 35.5. The van der Waals surface area contributed by atoms with Gasteiger partial charge in [0.25, 0.3) is 0 Å². The summed E-state index contributed by atoms with van der Waals surface area (Å²) in [4.78, 5) is 4.17. The normalized spacial score (nSPS) is 19.9. The Morgan fingerprint density at radius 2 is 2.31 bits per heavy atom. The van der Waals surface area contributed by atoms with E-state index < -0.39 is 0 Å². The molecule has 0 saturated heterocycles. The first kappa shape index (κ1) is 11.2. The molecule has 1 aliphatic rings. The maximum absolute atomic E-state index is 5.83. The van der Waals surface area contributed by atoms with Crippen LogP contribution in [0.2, 0.25) is 5.15 Å². The van der Waals surface area contributed by atoms with Gasteiger partial charge in [0, 0.05) is 12.0 Å². The molecule has 84 valence electrons. The van der Waals surface area contributed by atoms with Gasteiger partial charge in [0.15, 0.2) is 0 Å². The molecule has 0 bridgehead atoms. The van der Waals surface area contributed by atoms with E-state index in [2.05, 4.69) is 17.1 Å². The average Bonchev–Trinajstić information content (AvgIpc) is 2.68. The van der Waals surface area contributed by atoms with E-state index in [-0.39, 0.29) is 6.10 Å². The Morgan fingerprint density at radius 1 is 1.50 bits per heavy atom. The summed E-state index contributed by atoms with van der Waals surface area (Å²) in [5, 5.41) is 0.479. The zero-order valence-electron chi connectivity index (χ0n) is 9.40. The highest BCUT2D eigenvalue weighted by molar-refractivity contribution is 6.29. The summed E-state index contributed by atoms with van der Waals surface area (Å²) in [6.45, 7) is 4.02. The van der Waals surface area contributed by atoms with E-state index in [1.165, 1.54) is 5.57 Å². The van der Waals surface area contributed by atoms with Crippen LogP contribution in [0.1, 0.15) is 19.4 Å². The van der Waals surface area contributed by atoms with Crippen LogP contribution in [0.15, 0.2) is 35.9 Å². The third-order valence-electron chi connectivity index (χ3n) is 2.63. The summed E-state index contributed by atoms with van der Waals surface area (Å²) in [6, 6.07) is 3.78. The fourth-order valence-corrected chi connectivity index (χ4v) is 1.99. The lowest BCUT2D eigenvalue weighted by Crippen LogP contribution is -2.14. The second-order valence-electron chi connectivity index (χ2n) is 3.70. The van der Waals surface area contributed by atoms with Gasteiger partial charge >= 0.3 is 0 Å². The van der Waals surface area contributed by atoms with Crippen molar-refractivity contribution in [1.29, 1.82) is 0 Å². The molecule has 1 unspecified atom stereocenters. The van der Waals surface area contributed by atoms with Gasteiger partial charge in [-0.3, -0.25) is 0 Å². The van der Waals surface area contributed by atoms with Gasteiger partial charge in [-0.2, -0.15) is 0 Å². The third-order valence-corrected chi connectivity index (χ3v) is 2.84. The molecular weight excluding hydrogens is 222 g/mol. The van der Waals surface area contributed by atoms with Gasteiger partial charge < -0.3 is 4.74 Å². The summed E-state index contributed by atoms with van der Waals surface area (Å²) < 4.78 is 5.78. The molecule has 2 rings (SSSR count). The Bertz CT molecular complexity index is 451. The van der Waals surface area contributed by atoms with Crippen LogP contribution in [0.3, 0.4) is 0 Å². The van der Waals surface area contributed by atoms with Crippen LogP contribution in [0, 0.1) is 0 Å². The summed E-state index contributed by atoms with van der Waals surface area (Å²) in [6.07, 6.45) is 7.09. The minimum absolute atomic E-state index is 0.0715. The lowest BCUT2D eigenvalue weighted by atomic mass is 10.0. The first-order valence-electron chi connectivity index (χ1n) is 5.35. The van der Waals surface area contributed by atoms with Crippen molar-refractivity contribution in [3.8, 4) is 5.88 Å². The molecule has 0 amide bonds. The zero-order valence-corrected chi connectivity index (χ0v) is 10.2. The Balaban J connectivity index is 2.22. The second-order valence-corrected chi connectivity index (χ2v) is 4.08. The summed E-state index contributed by atoms with van der Waals surface area (Å²) >= 11 is 5.83. The molecule has 16 heavy (non-hydrogen) atoms. The largest absolute Gasteiger partial charge is 0.469 e. The highest BCUT2D eigenvalue weighted by Crippen LogP contribution is 2.31. The monoisotopic (exact) mass is 235 g/mol. The first-order chi connectivity index (χ1) is 7.74. The maximum atomic E-state index is 5.83. The minimum Gasteiger partial charge on any atom is -0.469 e. The van der Waals surface area contributed by atoms with E-state index in [0.29, 0.717) is 11.0 Å². The lowest BCUT2D eigenvalue weighted by Gasteiger charge is -2.10. The Labute approximate surface area is 101 Å². The van der Waals surface area contributed by atoms with Gasteiger partial charge in [0.1, 0.15) is 11.3 Å². The topological polar surface area (TPSA) is 22.1 Å². The lowest BCUT2D eigenvalue weighted by molar-refractivity contribution is 0.265. The second kappa shape index (κ2) is 4.71. The Morgan fingerprint density at radius 3 is 3.00 bits per heavy atom. The molecule has 0 aromatic carbocycles. The van der Waals surface area contributed by atoms with Crippen LogP contribution in [0.4, 0.5) is 0 Å². The van der Waals surface area contributed by atoms with Crippen molar-refractivity contribution in [3.63, 3.8) is 0 Å². The van der Waals surface area contributed by atoms with Gasteiger partial charge in [0.2, 0.25) is 5.88 Å². The van der Waals surface area contributed by atoms with E-state index in [1.54, 1.807) is 6.07 Å². The van der Waals surface area contributed by atoms with Crippen molar-refractivity contribution in [2.45, 2.75) is 26.4 Å². The van der Waals surface area contributed by atoms with Crippen molar-refractivity contribution in [3.05, 3.63) is 46.7 Å². The van der Waals surface area contributed by atoms with E-state index in [1.807, 2.05) is 26.0 Å². The number of nitrogens with zero attached hydrogens (tertiary/aromatic N) is 1. The van der Waals surface area contributed by atoms with Crippen molar-refractivity contribution < 1.29 is 4.74 Å². The minimum atomic E-state index is 0.0715. The number of ether oxygens (including phenoxy) is 1. The zero-order chi connectivity index (χ0) is 11.5. The quantitative estimate of drug-likeness (QED) is 0.578. The van der Waals surface area contributed by atoms with Crippen molar-refractivity contribution in [1.82, 2.24) is 4.98 Å². The number of allylic oxidation sites excluding steroid dienone is 2. The highest BCUT2D eigenvalue weighted by Gasteiger charge is 2.25. The van der Waals surface area contributed by atoms with Crippen LogP contribution in [0.5, 0.6) is 5.88 Å². The molecule has 0 N–H and O–H groups in total. The fraction of sp³-hybridized carbons (Fsp3) is 0.308. The standard InChI is InChI=1S/C13H14ClNO/c1-3-5-9(4-2)11-8-10-6-7-12(14)15-13(10)16-11/h3-7,11H,8H2,1-2H3/b5-3-,9-4+. The predicted octanol–water partition coefficient (Wildman–Crippen LogP) is 3.56. The molecule has 1 aromatic heterocycles. The SMILES string of the molecule is C/C=C\C(=C/C)C1Cc2ccc(Cl)nc2O1. The fourth-order valence-electron chi connectivity index (χ4n) is 1.85. The Kier molecular flexibility index (Phi) is 3.30. The van der Waals surface area contributed by atoms with E-state index >= 15 is 0 Å². The van der Waals surface area contributed by atoms with Gasteiger partial charge in [0.05, 0.1) is 0 Å². The van der Waals surface area contributed by atoms with Crippen molar-refractivity contribution >= 4 is 11.6 Å². The van der Waals surface area contributed by atoms with Crippen LogP contribution in [-0.2, 0) is 6.42 Å². The molecule has 0 saturated carbocycles. The average molecular weight is 236 g/mol. The number of fused-ring (bicyclic) bond motifs is 1. The summed E-state index contributed by atoms with van der Waals surface area (Å²) in [7, 11) is 0. The predicted molar refractivity (Wildman–Crippen MR) is 65.9 cm³/mol. The molecule has 2 heterocycles. The van der Waals surface area contributed by atoms with Gasteiger partial charge in [-0.05, 0) is 25.5 Å². The molecule has 0 fully saturated rings. The molecule has 2 nitrogen and oxygen atoms in total. The van der Waals surface area contributed by atoms with E-state index in [9.17, 15) is 0 Å². The third kappa shape index (κ3) is 2.12. The molecule has 1 aliphatic heterocycles. The number of rotatable bonds is 2. The summed E-state index contributed by atoms with van der Waals surface area (Å²) in [5.41, 5.74) is 2.30. The number of hydrogen-bond donors (Lipinski definition) is 0. The number of hydrogen-bond acceptors (Lipinski definition) is 2. The van der Waals surface area contributed by atoms with Gasteiger partial charge in [-0.15, -0.1) is 0 Å².